The number of hydrogen-bond acceptors (Lipinski definition) is 4. The van der Waals surface area contributed by atoms with Gasteiger partial charge in [-0.25, -0.2) is 0 Å². The predicted molar refractivity (Wildman–Crippen MR) is 81.7 cm³/mol. The molecule has 1 aromatic carbocycles. The summed E-state index contributed by atoms with van der Waals surface area (Å²) in [5.41, 5.74) is 0.521. The van der Waals surface area contributed by atoms with Crippen LogP contribution in [-0.2, 0) is 10.5 Å². The van der Waals surface area contributed by atoms with Gasteiger partial charge in [-0.3, -0.25) is 14.5 Å². The summed E-state index contributed by atoms with van der Waals surface area (Å²) in [6, 6.07) is 12.0. The Kier molecular flexibility index (Phi) is 5.05. The molecule has 0 saturated heterocycles. The topological polar surface area (TPSA) is 70.8 Å². The van der Waals surface area contributed by atoms with Gasteiger partial charge in [-0.15, -0.1) is 0 Å². The number of benzene rings is 1. The fourth-order valence-electron chi connectivity index (χ4n) is 1.87. The Labute approximate surface area is 126 Å². The van der Waals surface area contributed by atoms with Crippen LogP contribution in [0.15, 0.2) is 46.9 Å². The molecule has 0 fully saturated rings. The van der Waals surface area contributed by atoms with Crippen molar-refractivity contribution in [2.45, 2.75) is 5.75 Å². The number of rotatable bonds is 6. The lowest BCUT2D eigenvalue weighted by molar-refractivity contribution is -0.135. The van der Waals surface area contributed by atoms with E-state index in [0.29, 0.717) is 17.2 Å². The Morgan fingerprint density at radius 1 is 1.19 bits per heavy atom. The first kappa shape index (κ1) is 15.2. The molecule has 5 nitrogen and oxygen atoms in total. The number of amides is 1. The Morgan fingerprint density at radius 2 is 1.90 bits per heavy atom. The van der Waals surface area contributed by atoms with E-state index < -0.39 is 18.4 Å². The van der Waals surface area contributed by atoms with Crippen LogP contribution in [-0.4, -0.2) is 29.8 Å². The molecular weight excluding hydrogens is 290 g/mol. The van der Waals surface area contributed by atoms with Gasteiger partial charge in [0.25, 0.3) is 5.91 Å². The molecule has 1 aromatic heterocycles. The molecule has 0 aliphatic rings. The lowest BCUT2D eigenvalue weighted by Gasteiger charge is -2.19. The van der Waals surface area contributed by atoms with E-state index >= 15 is 0 Å². The number of carbonyl (C=O) groups excluding carboxylic acids is 1. The molecule has 0 spiro atoms. The van der Waals surface area contributed by atoms with Crippen LogP contribution in [0, 0.1) is 0 Å². The van der Waals surface area contributed by atoms with Gasteiger partial charge in [0.15, 0.2) is 5.76 Å². The zero-order chi connectivity index (χ0) is 15.2. The average Bonchev–Trinajstić information content (AvgIpc) is 2.94. The fourth-order valence-corrected chi connectivity index (χ4v) is 2.31. The van der Waals surface area contributed by atoms with E-state index in [9.17, 15) is 9.59 Å². The average molecular weight is 305 g/mol. The lowest BCUT2D eigenvalue weighted by atomic mass is 10.2. The Bertz CT molecular complexity index is 624. The van der Waals surface area contributed by atoms with Crippen LogP contribution in [0.4, 0.5) is 5.69 Å². The summed E-state index contributed by atoms with van der Waals surface area (Å²) in [5, 5.41) is 9.00. The molecule has 0 bridgehead atoms. The van der Waals surface area contributed by atoms with E-state index in [-0.39, 0.29) is 5.76 Å². The summed E-state index contributed by atoms with van der Waals surface area (Å²) in [6.45, 7) is -0.415. The molecule has 1 heterocycles. The second-order valence-corrected chi connectivity index (χ2v) is 5.19. The van der Waals surface area contributed by atoms with Crippen molar-refractivity contribution >= 4 is 29.3 Å². The van der Waals surface area contributed by atoms with Crippen LogP contribution in [0.25, 0.3) is 0 Å². The first-order valence-electron chi connectivity index (χ1n) is 6.28. The molecule has 2 aromatic rings. The number of aliphatic carboxylic acids is 1. The molecular formula is C15H15NO4S. The number of thioether (sulfide) groups is 1. The predicted octanol–water partition coefficient (Wildman–Crippen LogP) is 2.87. The van der Waals surface area contributed by atoms with E-state index in [1.54, 1.807) is 54.2 Å². The summed E-state index contributed by atoms with van der Waals surface area (Å²) < 4.78 is 5.46. The first-order chi connectivity index (χ1) is 10.1. The van der Waals surface area contributed by atoms with Crippen LogP contribution < -0.4 is 4.90 Å². The van der Waals surface area contributed by atoms with E-state index in [2.05, 4.69) is 0 Å². The van der Waals surface area contributed by atoms with Gasteiger partial charge in [0, 0.05) is 5.69 Å². The molecule has 0 unspecified atom stereocenters. The molecule has 6 heteroatoms. The third-order valence-electron chi connectivity index (χ3n) is 2.77. The maximum atomic E-state index is 12.5. The van der Waals surface area contributed by atoms with Crippen molar-refractivity contribution in [3.8, 4) is 0 Å². The molecule has 0 aliphatic heterocycles. The molecule has 2 rings (SSSR count). The van der Waals surface area contributed by atoms with Gasteiger partial charge >= 0.3 is 5.97 Å². The van der Waals surface area contributed by atoms with Crippen molar-refractivity contribution in [3.63, 3.8) is 0 Å². The van der Waals surface area contributed by atoms with Gasteiger partial charge in [-0.1, -0.05) is 18.2 Å². The smallest absolute Gasteiger partial charge is 0.323 e. The second-order valence-electron chi connectivity index (χ2n) is 4.32. The molecule has 110 valence electrons. The van der Waals surface area contributed by atoms with Crippen molar-refractivity contribution < 1.29 is 19.1 Å². The van der Waals surface area contributed by atoms with Gasteiger partial charge in [-0.05, 0) is 30.5 Å². The van der Waals surface area contributed by atoms with Crippen molar-refractivity contribution in [2.75, 3.05) is 17.7 Å². The molecule has 0 saturated carbocycles. The standard InChI is InChI=1S/C15H15NO4S/c1-21-10-12-7-8-13(20-12)15(19)16(9-14(17)18)11-5-3-2-4-6-11/h2-8H,9-10H2,1H3,(H,17,18). The molecule has 0 atom stereocenters. The lowest BCUT2D eigenvalue weighted by Crippen LogP contribution is -2.35. The van der Waals surface area contributed by atoms with Crippen molar-refractivity contribution in [1.82, 2.24) is 0 Å². The zero-order valence-corrected chi connectivity index (χ0v) is 12.3. The first-order valence-corrected chi connectivity index (χ1v) is 7.67. The molecule has 1 amide bonds. The molecule has 21 heavy (non-hydrogen) atoms. The summed E-state index contributed by atoms with van der Waals surface area (Å²) in [5.74, 6) is -0.0465. The number of hydrogen-bond donors (Lipinski definition) is 1. The quantitative estimate of drug-likeness (QED) is 0.888. The summed E-state index contributed by atoms with van der Waals surface area (Å²) in [4.78, 5) is 24.6. The fraction of sp³-hybridized carbons (Fsp3) is 0.200. The van der Waals surface area contributed by atoms with Gasteiger partial charge in [0.2, 0.25) is 0 Å². The highest BCUT2D eigenvalue weighted by atomic mass is 32.2. The van der Waals surface area contributed by atoms with Crippen LogP contribution in [0.3, 0.4) is 0 Å². The molecule has 0 aliphatic carbocycles. The number of nitrogens with zero attached hydrogens (tertiary/aromatic N) is 1. The SMILES string of the molecule is CSCc1ccc(C(=O)N(CC(=O)O)c2ccccc2)o1. The van der Waals surface area contributed by atoms with Crippen LogP contribution >= 0.6 is 11.8 Å². The van der Waals surface area contributed by atoms with Gasteiger partial charge in [0.05, 0.1) is 5.75 Å². The molecule has 1 N–H and O–H groups in total. The third-order valence-corrected chi connectivity index (χ3v) is 3.34. The zero-order valence-electron chi connectivity index (χ0n) is 11.5. The molecule has 0 radical (unpaired) electrons. The summed E-state index contributed by atoms with van der Waals surface area (Å²) >= 11 is 1.58. The highest BCUT2D eigenvalue weighted by Crippen LogP contribution is 2.19. The number of carbonyl (C=O) groups is 2. The minimum absolute atomic E-state index is 0.143. The third kappa shape index (κ3) is 3.88. The maximum Gasteiger partial charge on any atom is 0.323 e. The number of carboxylic acids is 1. The number of furan rings is 1. The van der Waals surface area contributed by atoms with E-state index in [0.717, 1.165) is 0 Å². The van der Waals surface area contributed by atoms with Gasteiger partial charge < -0.3 is 9.52 Å². The van der Waals surface area contributed by atoms with E-state index in [1.165, 1.54) is 4.90 Å². The summed E-state index contributed by atoms with van der Waals surface area (Å²) in [6.07, 6.45) is 1.94. The van der Waals surface area contributed by atoms with E-state index in [4.69, 9.17) is 9.52 Å². The summed E-state index contributed by atoms with van der Waals surface area (Å²) in [7, 11) is 0. The Hall–Kier alpha value is -2.21. The Balaban J connectivity index is 2.27. The van der Waals surface area contributed by atoms with Crippen molar-refractivity contribution in [1.29, 1.82) is 0 Å². The number of anilines is 1. The van der Waals surface area contributed by atoms with Crippen molar-refractivity contribution in [2.24, 2.45) is 0 Å². The van der Waals surface area contributed by atoms with Crippen molar-refractivity contribution in [3.05, 3.63) is 54.0 Å². The van der Waals surface area contributed by atoms with Crippen LogP contribution in [0.1, 0.15) is 16.3 Å². The number of para-hydroxylation sites is 1. The van der Waals surface area contributed by atoms with Gasteiger partial charge in [0.1, 0.15) is 12.3 Å². The highest BCUT2D eigenvalue weighted by molar-refractivity contribution is 7.97. The van der Waals surface area contributed by atoms with Crippen LogP contribution in [0.2, 0.25) is 0 Å². The minimum atomic E-state index is -1.08. The van der Waals surface area contributed by atoms with Crippen LogP contribution in [0.5, 0.6) is 0 Å². The maximum absolute atomic E-state index is 12.5. The second kappa shape index (κ2) is 6.99. The minimum Gasteiger partial charge on any atom is -0.480 e. The highest BCUT2D eigenvalue weighted by Gasteiger charge is 2.23. The number of carboxylic acid groups (broad SMARTS) is 1. The normalized spacial score (nSPS) is 10.3. The largest absolute Gasteiger partial charge is 0.480 e. The Morgan fingerprint density at radius 3 is 2.52 bits per heavy atom. The van der Waals surface area contributed by atoms with Gasteiger partial charge in [-0.2, -0.15) is 11.8 Å². The van der Waals surface area contributed by atoms with E-state index in [1.807, 2.05) is 6.26 Å². The monoisotopic (exact) mass is 305 g/mol.